The summed E-state index contributed by atoms with van der Waals surface area (Å²) < 4.78 is 0. The highest BCUT2D eigenvalue weighted by Crippen LogP contribution is 2.30. The fraction of sp³-hybridized carbons (Fsp3) is 0.429. The normalized spacial score (nSPS) is 13.7. The second kappa shape index (κ2) is 6.91. The summed E-state index contributed by atoms with van der Waals surface area (Å²) in [6, 6.07) is 6.69. The van der Waals surface area contributed by atoms with Crippen LogP contribution >= 0.6 is 0 Å². The molecular formula is C14H19N3O3. The molecule has 20 heavy (non-hydrogen) atoms. The van der Waals surface area contributed by atoms with E-state index in [1.54, 1.807) is 24.3 Å². The van der Waals surface area contributed by atoms with Crippen LogP contribution in [-0.4, -0.2) is 30.2 Å². The van der Waals surface area contributed by atoms with Gasteiger partial charge in [-0.15, -0.1) is 0 Å². The van der Waals surface area contributed by atoms with E-state index in [0.29, 0.717) is 24.3 Å². The minimum atomic E-state index is -0.330. The number of anilines is 2. The fourth-order valence-corrected chi connectivity index (χ4v) is 1.72. The third-order valence-electron chi connectivity index (χ3n) is 2.96. The summed E-state index contributed by atoms with van der Waals surface area (Å²) in [5.74, 6) is 0.183. The second-order valence-corrected chi connectivity index (χ2v) is 4.80. The number of hydrogen-bond donors (Lipinski definition) is 4. The standard InChI is InChI=1S/C14H19N3O3/c18-8-2-7-15-14(20)17-12-4-1-3-11(9-12)16-13(19)10-5-6-10/h1,3-4,9-10,18H,2,5-8H2,(H,16,19)(H2,15,17,20). The molecule has 1 fully saturated rings. The van der Waals surface area contributed by atoms with Crippen molar-refractivity contribution in [1.29, 1.82) is 0 Å². The van der Waals surface area contributed by atoms with Gasteiger partial charge in [-0.2, -0.15) is 0 Å². The molecule has 1 aliphatic rings. The number of urea groups is 1. The molecule has 1 aliphatic carbocycles. The molecule has 1 saturated carbocycles. The Bertz CT molecular complexity index is 486. The van der Waals surface area contributed by atoms with Crippen LogP contribution < -0.4 is 16.0 Å². The Morgan fingerprint density at radius 1 is 1.20 bits per heavy atom. The van der Waals surface area contributed by atoms with Crippen molar-refractivity contribution in [2.75, 3.05) is 23.8 Å². The Morgan fingerprint density at radius 3 is 2.55 bits per heavy atom. The molecule has 0 aromatic heterocycles. The molecule has 0 atom stereocenters. The summed E-state index contributed by atoms with van der Waals surface area (Å²) in [7, 11) is 0. The molecule has 0 bridgehead atoms. The summed E-state index contributed by atoms with van der Waals surface area (Å²) in [5, 5.41) is 16.8. The van der Waals surface area contributed by atoms with Gasteiger partial charge in [0.25, 0.3) is 0 Å². The summed E-state index contributed by atoms with van der Waals surface area (Å²) >= 11 is 0. The molecule has 0 saturated heterocycles. The number of carbonyl (C=O) groups excluding carboxylic acids is 2. The van der Waals surface area contributed by atoms with Gasteiger partial charge in [-0.25, -0.2) is 4.79 Å². The Morgan fingerprint density at radius 2 is 1.90 bits per heavy atom. The Hall–Kier alpha value is -2.08. The van der Waals surface area contributed by atoms with E-state index in [9.17, 15) is 9.59 Å². The van der Waals surface area contributed by atoms with E-state index in [-0.39, 0.29) is 24.5 Å². The molecule has 1 aromatic carbocycles. The first-order valence-electron chi connectivity index (χ1n) is 6.75. The molecule has 4 N–H and O–H groups in total. The fourth-order valence-electron chi connectivity index (χ4n) is 1.72. The predicted octanol–water partition coefficient (Wildman–Crippen LogP) is 1.54. The van der Waals surface area contributed by atoms with E-state index in [2.05, 4.69) is 16.0 Å². The first-order valence-corrected chi connectivity index (χ1v) is 6.75. The van der Waals surface area contributed by atoms with E-state index < -0.39 is 0 Å². The van der Waals surface area contributed by atoms with Crippen LogP contribution in [0.3, 0.4) is 0 Å². The lowest BCUT2D eigenvalue weighted by atomic mass is 10.2. The van der Waals surface area contributed by atoms with E-state index >= 15 is 0 Å². The summed E-state index contributed by atoms with van der Waals surface area (Å²) in [6.07, 6.45) is 2.43. The van der Waals surface area contributed by atoms with Crippen molar-refractivity contribution in [1.82, 2.24) is 5.32 Å². The van der Waals surface area contributed by atoms with Gasteiger partial charge in [0.1, 0.15) is 0 Å². The Labute approximate surface area is 117 Å². The van der Waals surface area contributed by atoms with E-state index in [1.165, 1.54) is 0 Å². The summed E-state index contributed by atoms with van der Waals surface area (Å²) in [6.45, 7) is 0.462. The molecule has 1 aromatic rings. The maximum Gasteiger partial charge on any atom is 0.319 e. The molecule has 6 nitrogen and oxygen atoms in total. The summed E-state index contributed by atoms with van der Waals surface area (Å²) in [4.78, 5) is 23.2. The quantitative estimate of drug-likeness (QED) is 0.594. The molecule has 0 unspecified atom stereocenters. The number of carbonyl (C=O) groups is 2. The van der Waals surface area contributed by atoms with Crippen LogP contribution in [-0.2, 0) is 4.79 Å². The average molecular weight is 277 g/mol. The zero-order valence-corrected chi connectivity index (χ0v) is 11.2. The molecule has 2 rings (SSSR count). The van der Waals surface area contributed by atoms with Crippen LogP contribution in [0.25, 0.3) is 0 Å². The molecule has 0 spiro atoms. The number of amides is 3. The van der Waals surface area contributed by atoms with Crippen molar-refractivity contribution in [2.45, 2.75) is 19.3 Å². The van der Waals surface area contributed by atoms with Crippen molar-refractivity contribution in [3.8, 4) is 0 Å². The highest BCUT2D eigenvalue weighted by atomic mass is 16.3. The van der Waals surface area contributed by atoms with Crippen LogP contribution in [0.15, 0.2) is 24.3 Å². The average Bonchev–Trinajstić information content (AvgIpc) is 3.23. The molecule has 3 amide bonds. The van der Waals surface area contributed by atoms with E-state index in [1.807, 2.05) is 0 Å². The van der Waals surface area contributed by atoms with Gasteiger partial charge in [0, 0.05) is 30.4 Å². The van der Waals surface area contributed by atoms with Crippen LogP contribution in [0.4, 0.5) is 16.2 Å². The van der Waals surface area contributed by atoms with Crippen LogP contribution in [0.1, 0.15) is 19.3 Å². The van der Waals surface area contributed by atoms with Gasteiger partial charge in [-0.3, -0.25) is 4.79 Å². The van der Waals surface area contributed by atoms with Crippen molar-refractivity contribution < 1.29 is 14.7 Å². The minimum Gasteiger partial charge on any atom is -0.396 e. The van der Waals surface area contributed by atoms with Gasteiger partial charge >= 0.3 is 6.03 Å². The van der Waals surface area contributed by atoms with Gasteiger partial charge in [-0.1, -0.05) is 6.07 Å². The maximum atomic E-state index is 11.6. The lowest BCUT2D eigenvalue weighted by Crippen LogP contribution is -2.29. The largest absolute Gasteiger partial charge is 0.396 e. The third kappa shape index (κ3) is 4.55. The predicted molar refractivity (Wildman–Crippen MR) is 76.5 cm³/mol. The highest BCUT2D eigenvalue weighted by Gasteiger charge is 2.29. The number of nitrogens with one attached hydrogen (secondary N) is 3. The van der Waals surface area contributed by atoms with E-state index in [0.717, 1.165) is 12.8 Å². The topological polar surface area (TPSA) is 90.5 Å². The minimum absolute atomic E-state index is 0.0366. The Kier molecular flexibility index (Phi) is 4.95. The molecule has 0 aliphatic heterocycles. The zero-order valence-electron chi connectivity index (χ0n) is 11.2. The SMILES string of the molecule is O=C(NCCCO)Nc1cccc(NC(=O)C2CC2)c1. The smallest absolute Gasteiger partial charge is 0.319 e. The number of aliphatic hydroxyl groups is 1. The number of aliphatic hydroxyl groups excluding tert-OH is 1. The Balaban J connectivity index is 1.85. The number of rotatable bonds is 6. The van der Waals surface area contributed by atoms with Gasteiger partial charge in [-0.05, 0) is 37.5 Å². The van der Waals surface area contributed by atoms with Gasteiger partial charge in [0.15, 0.2) is 0 Å². The van der Waals surface area contributed by atoms with Crippen LogP contribution in [0.2, 0.25) is 0 Å². The molecule has 108 valence electrons. The first kappa shape index (κ1) is 14.3. The van der Waals surface area contributed by atoms with Gasteiger partial charge < -0.3 is 21.1 Å². The molecule has 0 radical (unpaired) electrons. The van der Waals surface area contributed by atoms with Gasteiger partial charge in [0.05, 0.1) is 0 Å². The zero-order chi connectivity index (χ0) is 14.4. The monoisotopic (exact) mass is 277 g/mol. The van der Waals surface area contributed by atoms with Gasteiger partial charge in [0.2, 0.25) is 5.91 Å². The number of benzene rings is 1. The third-order valence-corrected chi connectivity index (χ3v) is 2.96. The maximum absolute atomic E-state index is 11.6. The molecule has 0 heterocycles. The van der Waals surface area contributed by atoms with Crippen molar-refractivity contribution in [3.63, 3.8) is 0 Å². The first-order chi connectivity index (χ1) is 9.69. The van der Waals surface area contributed by atoms with Crippen LogP contribution in [0, 0.1) is 5.92 Å². The molecule has 6 heteroatoms. The number of hydrogen-bond acceptors (Lipinski definition) is 3. The van der Waals surface area contributed by atoms with Crippen molar-refractivity contribution in [2.24, 2.45) is 5.92 Å². The van der Waals surface area contributed by atoms with Crippen LogP contribution in [0.5, 0.6) is 0 Å². The summed E-state index contributed by atoms with van der Waals surface area (Å²) in [5.41, 5.74) is 1.29. The lowest BCUT2D eigenvalue weighted by Gasteiger charge is -2.09. The second-order valence-electron chi connectivity index (χ2n) is 4.80. The van der Waals surface area contributed by atoms with Crippen molar-refractivity contribution in [3.05, 3.63) is 24.3 Å². The molecular weight excluding hydrogens is 258 g/mol. The lowest BCUT2D eigenvalue weighted by molar-refractivity contribution is -0.117. The highest BCUT2D eigenvalue weighted by molar-refractivity contribution is 5.95. The van der Waals surface area contributed by atoms with Crippen molar-refractivity contribution >= 4 is 23.3 Å². The van der Waals surface area contributed by atoms with E-state index in [4.69, 9.17) is 5.11 Å².